The summed E-state index contributed by atoms with van der Waals surface area (Å²) >= 11 is 5.77. The number of amides is 1. The number of pyridine rings is 1. The Kier molecular flexibility index (Phi) is 4.88. The van der Waals surface area contributed by atoms with E-state index in [2.05, 4.69) is 10.3 Å². The van der Waals surface area contributed by atoms with E-state index in [1.807, 2.05) is 6.07 Å². The lowest BCUT2D eigenvalue weighted by Crippen LogP contribution is -2.29. The number of aliphatic hydroxyl groups is 1. The number of hydrogen-bond acceptors (Lipinski definition) is 4. The number of halogens is 1. The van der Waals surface area contributed by atoms with Gasteiger partial charge in [0.05, 0.1) is 11.7 Å². The predicted molar refractivity (Wildman–Crippen MR) is 77.7 cm³/mol. The maximum atomic E-state index is 11.8. The molecule has 0 saturated heterocycles. The third-order valence-electron chi connectivity index (χ3n) is 2.84. The van der Waals surface area contributed by atoms with E-state index in [0.717, 1.165) is 0 Å². The molecule has 0 aliphatic carbocycles. The predicted octanol–water partition coefficient (Wildman–Crippen LogP) is 2.07. The fourth-order valence-corrected chi connectivity index (χ4v) is 1.80. The number of nitrogens with one attached hydrogen (secondary N) is 1. The highest BCUT2D eigenvalue weighted by Gasteiger charge is 2.11. The zero-order valence-corrected chi connectivity index (χ0v) is 11.7. The summed E-state index contributed by atoms with van der Waals surface area (Å²) < 4.78 is 0. The molecule has 106 valence electrons. The number of nitriles is 1. The molecule has 0 spiro atoms. The number of benzene rings is 1. The molecule has 1 heterocycles. The molecule has 2 N–H and O–H groups in total. The molecule has 2 rings (SSSR count). The first kappa shape index (κ1) is 15.0. The lowest BCUT2D eigenvalue weighted by molar-refractivity contribution is 0.0911. The monoisotopic (exact) mass is 301 g/mol. The molecule has 6 heteroatoms. The second-order valence-electron chi connectivity index (χ2n) is 4.32. The molecule has 1 atom stereocenters. The molecule has 1 aromatic carbocycles. The van der Waals surface area contributed by atoms with Gasteiger partial charge in [0.15, 0.2) is 0 Å². The number of nitrogens with zero attached hydrogens (tertiary/aromatic N) is 2. The zero-order valence-electron chi connectivity index (χ0n) is 11.0. The van der Waals surface area contributed by atoms with Crippen LogP contribution in [0.15, 0.2) is 42.6 Å². The van der Waals surface area contributed by atoms with E-state index in [9.17, 15) is 9.90 Å². The molecule has 0 bridgehead atoms. The largest absolute Gasteiger partial charge is 0.387 e. The molecule has 1 unspecified atom stereocenters. The van der Waals surface area contributed by atoms with E-state index in [0.29, 0.717) is 16.1 Å². The summed E-state index contributed by atoms with van der Waals surface area (Å²) in [6, 6.07) is 11.6. The Labute approximate surface area is 126 Å². The second kappa shape index (κ2) is 6.84. The summed E-state index contributed by atoms with van der Waals surface area (Å²) in [4.78, 5) is 15.7. The first-order chi connectivity index (χ1) is 10.1. The first-order valence-corrected chi connectivity index (χ1v) is 6.56. The Bertz CT molecular complexity index is 663. The highest BCUT2D eigenvalue weighted by Crippen LogP contribution is 2.15. The van der Waals surface area contributed by atoms with Crippen LogP contribution in [0.4, 0.5) is 0 Å². The fraction of sp³-hybridized carbons (Fsp3) is 0.133. The van der Waals surface area contributed by atoms with Gasteiger partial charge in [-0.15, -0.1) is 0 Å². The number of rotatable bonds is 4. The van der Waals surface area contributed by atoms with Gasteiger partial charge < -0.3 is 10.4 Å². The van der Waals surface area contributed by atoms with Crippen LogP contribution < -0.4 is 5.32 Å². The maximum Gasteiger partial charge on any atom is 0.269 e. The SMILES string of the molecule is N#Cc1ccc(C(=O)NCC(O)c2ccc(Cl)cc2)nc1. The minimum Gasteiger partial charge on any atom is -0.387 e. The van der Waals surface area contributed by atoms with Gasteiger partial charge >= 0.3 is 0 Å². The maximum absolute atomic E-state index is 11.8. The van der Waals surface area contributed by atoms with Gasteiger partial charge in [0, 0.05) is 17.8 Å². The molecule has 0 fully saturated rings. The molecule has 0 saturated carbocycles. The van der Waals surface area contributed by atoms with Crippen LogP contribution in [0.2, 0.25) is 5.02 Å². The standard InChI is InChI=1S/C15H12ClN3O2/c16-12-4-2-11(3-5-12)14(20)9-19-15(21)13-6-1-10(7-17)8-18-13/h1-6,8,14,20H,9H2,(H,19,21). The van der Waals surface area contributed by atoms with Crippen molar-refractivity contribution >= 4 is 17.5 Å². The van der Waals surface area contributed by atoms with Gasteiger partial charge in [-0.05, 0) is 29.8 Å². The average Bonchev–Trinajstić information content (AvgIpc) is 2.53. The summed E-state index contributed by atoms with van der Waals surface area (Å²) in [5, 5.41) is 21.8. The van der Waals surface area contributed by atoms with Crippen LogP contribution in [-0.2, 0) is 0 Å². The van der Waals surface area contributed by atoms with Crippen molar-refractivity contribution in [2.45, 2.75) is 6.10 Å². The molecule has 1 amide bonds. The van der Waals surface area contributed by atoms with Crippen LogP contribution >= 0.6 is 11.6 Å². The Morgan fingerprint density at radius 3 is 2.62 bits per heavy atom. The number of hydrogen-bond donors (Lipinski definition) is 2. The number of carbonyl (C=O) groups excluding carboxylic acids is 1. The van der Waals surface area contributed by atoms with Gasteiger partial charge in [-0.3, -0.25) is 4.79 Å². The summed E-state index contributed by atoms with van der Waals surface area (Å²) in [7, 11) is 0. The Morgan fingerprint density at radius 2 is 2.05 bits per heavy atom. The quantitative estimate of drug-likeness (QED) is 0.905. The molecule has 2 aromatic rings. The molecule has 21 heavy (non-hydrogen) atoms. The lowest BCUT2D eigenvalue weighted by Gasteiger charge is -2.12. The van der Waals surface area contributed by atoms with Crippen molar-refractivity contribution in [3.63, 3.8) is 0 Å². The van der Waals surface area contributed by atoms with Gasteiger partial charge in [0.25, 0.3) is 5.91 Å². The van der Waals surface area contributed by atoms with Crippen molar-refractivity contribution in [1.29, 1.82) is 5.26 Å². The minimum atomic E-state index is -0.829. The van der Waals surface area contributed by atoms with Crippen LogP contribution in [0.3, 0.4) is 0 Å². The van der Waals surface area contributed by atoms with E-state index < -0.39 is 12.0 Å². The number of aromatic nitrogens is 1. The Hall–Kier alpha value is -2.42. The van der Waals surface area contributed by atoms with E-state index in [1.54, 1.807) is 24.3 Å². The number of aliphatic hydroxyl groups excluding tert-OH is 1. The van der Waals surface area contributed by atoms with Crippen LogP contribution in [0.1, 0.15) is 27.7 Å². The van der Waals surface area contributed by atoms with Crippen molar-refractivity contribution in [3.05, 3.63) is 64.4 Å². The van der Waals surface area contributed by atoms with E-state index in [4.69, 9.17) is 16.9 Å². The Morgan fingerprint density at radius 1 is 1.33 bits per heavy atom. The first-order valence-electron chi connectivity index (χ1n) is 6.18. The third kappa shape index (κ3) is 4.02. The second-order valence-corrected chi connectivity index (χ2v) is 4.76. The summed E-state index contributed by atoms with van der Waals surface area (Å²) in [6.45, 7) is 0.0577. The van der Waals surface area contributed by atoms with Crippen molar-refractivity contribution in [1.82, 2.24) is 10.3 Å². The van der Waals surface area contributed by atoms with Crippen LogP contribution in [0.5, 0.6) is 0 Å². The third-order valence-corrected chi connectivity index (χ3v) is 3.09. The average molecular weight is 302 g/mol. The topological polar surface area (TPSA) is 86.0 Å². The van der Waals surface area contributed by atoms with Crippen molar-refractivity contribution in [3.8, 4) is 6.07 Å². The highest BCUT2D eigenvalue weighted by molar-refractivity contribution is 6.30. The molecule has 0 aliphatic heterocycles. The van der Waals surface area contributed by atoms with Crippen LogP contribution in [0, 0.1) is 11.3 Å². The summed E-state index contributed by atoms with van der Waals surface area (Å²) in [5.41, 5.74) is 1.23. The summed E-state index contributed by atoms with van der Waals surface area (Å²) in [6.07, 6.45) is 0.495. The molecular weight excluding hydrogens is 290 g/mol. The molecule has 0 radical (unpaired) electrons. The molecule has 0 aliphatic rings. The van der Waals surface area contributed by atoms with E-state index in [-0.39, 0.29) is 12.2 Å². The van der Waals surface area contributed by atoms with Gasteiger partial charge in [-0.1, -0.05) is 23.7 Å². The van der Waals surface area contributed by atoms with Gasteiger partial charge in [-0.2, -0.15) is 5.26 Å². The van der Waals surface area contributed by atoms with E-state index >= 15 is 0 Å². The van der Waals surface area contributed by atoms with Crippen LogP contribution in [-0.4, -0.2) is 22.5 Å². The highest BCUT2D eigenvalue weighted by atomic mass is 35.5. The van der Waals surface area contributed by atoms with Gasteiger partial charge in [0.1, 0.15) is 11.8 Å². The van der Waals surface area contributed by atoms with Gasteiger partial charge in [-0.25, -0.2) is 4.98 Å². The number of carbonyl (C=O) groups is 1. The smallest absolute Gasteiger partial charge is 0.269 e. The lowest BCUT2D eigenvalue weighted by atomic mass is 10.1. The van der Waals surface area contributed by atoms with Gasteiger partial charge in [0.2, 0.25) is 0 Å². The zero-order chi connectivity index (χ0) is 15.2. The molecule has 5 nitrogen and oxygen atoms in total. The summed E-state index contributed by atoms with van der Waals surface area (Å²) in [5.74, 6) is -0.410. The Balaban J connectivity index is 1.94. The fourth-order valence-electron chi connectivity index (χ4n) is 1.68. The van der Waals surface area contributed by atoms with Crippen LogP contribution in [0.25, 0.3) is 0 Å². The van der Waals surface area contributed by atoms with Crippen molar-refractivity contribution in [2.24, 2.45) is 0 Å². The van der Waals surface area contributed by atoms with E-state index in [1.165, 1.54) is 18.3 Å². The molecule has 1 aromatic heterocycles. The normalized spacial score (nSPS) is 11.5. The minimum absolute atomic E-state index is 0.0577. The van der Waals surface area contributed by atoms with Crippen molar-refractivity contribution in [2.75, 3.05) is 6.54 Å². The molecular formula is C15H12ClN3O2. The van der Waals surface area contributed by atoms with Crippen molar-refractivity contribution < 1.29 is 9.90 Å².